The Kier molecular flexibility index (Phi) is 5.41. The Morgan fingerprint density at radius 3 is 2.71 bits per heavy atom. The van der Waals surface area contributed by atoms with Crippen molar-refractivity contribution >= 4 is 40.5 Å². The Hall–Kier alpha value is -1.95. The van der Waals surface area contributed by atoms with E-state index in [4.69, 9.17) is 22.1 Å². The van der Waals surface area contributed by atoms with Crippen LogP contribution >= 0.6 is 23.4 Å². The average molecular weight is 424 g/mol. The third-order valence-corrected chi connectivity index (χ3v) is 5.90. The highest BCUT2D eigenvalue weighted by Crippen LogP contribution is 2.34. The zero-order chi connectivity index (χ0) is 19.8. The number of rotatable bonds is 5. The van der Waals surface area contributed by atoms with E-state index in [9.17, 15) is 15.3 Å². The second-order valence-electron chi connectivity index (χ2n) is 6.32. The molecule has 0 saturated carbocycles. The number of nitrogens with two attached hydrogens (primary N) is 1. The van der Waals surface area contributed by atoms with Crippen molar-refractivity contribution in [1.82, 2.24) is 19.5 Å². The molecule has 1 fully saturated rings. The largest absolute Gasteiger partial charge is 0.394 e. The Bertz CT molecular complexity index is 1000. The van der Waals surface area contributed by atoms with E-state index in [0.717, 1.165) is 5.56 Å². The third-order valence-electron chi connectivity index (χ3n) is 4.52. The number of benzene rings is 1. The van der Waals surface area contributed by atoms with Crippen LogP contribution in [0.15, 0.2) is 35.6 Å². The van der Waals surface area contributed by atoms with E-state index in [1.807, 2.05) is 24.3 Å². The van der Waals surface area contributed by atoms with Gasteiger partial charge in [-0.05, 0) is 11.6 Å². The number of aliphatic hydroxyl groups excluding tert-OH is 3. The molecule has 1 aromatic carbocycles. The monoisotopic (exact) mass is 423 g/mol. The standard InChI is InChI=1S/C17H18ClN5O4S/c18-9-4-2-1-3-8(9)6-28-15-11-14(21-17(19)22-15)23(7-20-11)16-13(26)12(25)10(5-24)27-16/h1-4,7,10,12-13,16,24-26H,5-6H2,(H2,19,21,22)/t10-,12-,13+,16-/m0/s1. The number of thioether (sulfide) groups is 1. The van der Waals surface area contributed by atoms with Crippen molar-refractivity contribution in [2.45, 2.75) is 35.3 Å². The number of halogens is 1. The molecule has 28 heavy (non-hydrogen) atoms. The summed E-state index contributed by atoms with van der Waals surface area (Å²) in [6.45, 7) is -0.419. The number of nitrogen functional groups attached to an aromatic ring is 1. The van der Waals surface area contributed by atoms with E-state index in [0.29, 0.717) is 27.0 Å². The fourth-order valence-electron chi connectivity index (χ4n) is 3.06. The summed E-state index contributed by atoms with van der Waals surface area (Å²) in [5.74, 6) is 0.606. The molecule has 4 atom stereocenters. The van der Waals surface area contributed by atoms with Gasteiger partial charge in [-0.15, -0.1) is 0 Å². The lowest BCUT2D eigenvalue weighted by atomic mass is 10.1. The number of fused-ring (bicyclic) bond motifs is 1. The van der Waals surface area contributed by atoms with Crippen molar-refractivity contribution in [3.63, 3.8) is 0 Å². The molecule has 11 heteroatoms. The third kappa shape index (κ3) is 3.43. The molecule has 4 rings (SSSR count). The molecule has 0 spiro atoms. The van der Waals surface area contributed by atoms with Gasteiger partial charge in [0.1, 0.15) is 28.9 Å². The van der Waals surface area contributed by atoms with Crippen LogP contribution in [0.1, 0.15) is 11.8 Å². The number of hydrogen-bond acceptors (Lipinski definition) is 9. The first-order chi connectivity index (χ1) is 13.5. The minimum atomic E-state index is -1.25. The number of ether oxygens (including phenoxy) is 1. The fourth-order valence-corrected chi connectivity index (χ4v) is 4.33. The van der Waals surface area contributed by atoms with Crippen molar-refractivity contribution < 1.29 is 20.1 Å². The molecule has 0 unspecified atom stereocenters. The number of aliphatic hydroxyl groups is 3. The van der Waals surface area contributed by atoms with Crippen molar-refractivity contribution in [2.75, 3.05) is 12.3 Å². The lowest BCUT2D eigenvalue weighted by molar-refractivity contribution is -0.0511. The minimum absolute atomic E-state index is 0.0441. The van der Waals surface area contributed by atoms with Crippen LogP contribution in [0.4, 0.5) is 5.95 Å². The van der Waals surface area contributed by atoms with Gasteiger partial charge in [-0.1, -0.05) is 41.6 Å². The minimum Gasteiger partial charge on any atom is -0.394 e. The first kappa shape index (κ1) is 19.4. The topological polar surface area (TPSA) is 140 Å². The van der Waals surface area contributed by atoms with Crippen molar-refractivity contribution in [3.8, 4) is 0 Å². The van der Waals surface area contributed by atoms with Crippen molar-refractivity contribution in [2.24, 2.45) is 0 Å². The molecule has 1 aliphatic rings. The maximum absolute atomic E-state index is 10.3. The Balaban J connectivity index is 1.66. The molecule has 0 radical (unpaired) electrons. The molecule has 148 valence electrons. The predicted molar refractivity (Wildman–Crippen MR) is 104 cm³/mol. The van der Waals surface area contributed by atoms with Gasteiger partial charge in [0, 0.05) is 10.8 Å². The Morgan fingerprint density at radius 2 is 2.00 bits per heavy atom. The molecule has 1 aliphatic heterocycles. The summed E-state index contributed by atoms with van der Waals surface area (Å²) in [5.41, 5.74) is 7.67. The van der Waals surface area contributed by atoms with Crippen LogP contribution in [0, 0.1) is 0 Å². The van der Waals surface area contributed by atoms with Crippen LogP contribution in [-0.4, -0.2) is 59.8 Å². The second-order valence-corrected chi connectivity index (χ2v) is 7.69. The molecule has 5 N–H and O–H groups in total. The lowest BCUT2D eigenvalue weighted by Crippen LogP contribution is -2.33. The smallest absolute Gasteiger partial charge is 0.223 e. The molecule has 9 nitrogen and oxygen atoms in total. The van der Waals surface area contributed by atoms with Gasteiger partial charge in [-0.2, -0.15) is 4.98 Å². The Labute approximate surface area is 169 Å². The quantitative estimate of drug-likeness (QED) is 0.349. The van der Waals surface area contributed by atoms with Crippen LogP contribution in [0.3, 0.4) is 0 Å². The number of nitrogens with zero attached hydrogens (tertiary/aromatic N) is 4. The second kappa shape index (κ2) is 7.82. The van der Waals surface area contributed by atoms with Crippen LogP contribution in [0.5, 0.6) is 0 Å². The van der Waals surface area contributed by atoms with Gasteiger partial charge in [0.2, 0.25) is 5.95 Å². The highest BCUT2D eigenvalue weighted by Gasteiger charge is 2.44. The summed E-state index contributed by atoms with van der Waals surface area (Å²) in [6.07, 6.45) is -2.87. The fraction of sp³-hybridized carbons (Fsp3) is 0.353. The summed E-state index contributed by atoms with van der Waals surface area (Å²) in [4.78, 5) is 12.8. The summed E-state index contributed by atoms with van der Waals surface area (Å²) < 4.78 is 7.04. The van der Waals surface area contributed by atoms with Crippen molar-refractivity contribution in [3.05, 3.63) is 41.2 Å². The zero-order valence-electron chi connectivity index (χ0n) is 14.5. The van der Waals surface area contributed by atoms with Crippen LogP contribution in [0.2, 0.25) is 5.02 Å². The zero-order valence-corrected chi connectivity index (χ0v) is 16.1. The molecule has 0 bridgehead atoms. The maximum Gasteiger partial charge on any atom is 0.223 e. The van der Waals surface area contributed by atoms with Gasteiger partial charge in [-0.3, -0.25) is 4.57 Å². The maximum atomic E-state index is 10.3. The highest BCUT2D eigenvalue weighted by atomic mass is 35.5. The van der Waals surface area contributed by atoms with Crippen LogP contribution < -0.4 is 5.73 Å². The van der Waals surface area contributed by atoms with Gasteiger partial charge in [0.15, 0.2) is 11.9 Å². The summed E-state index contributed by atoms with van der Waals surface area (Å²) in [7, 11) is 0. The van der Waals surface area contributed by atoms with E-state index in [-0.39, 0.29) is 5.95 Å². The molecule has 3 heterocycles. The van der Waals surface area contributed by atoms with Gasteiger partial charge >= 0.3 is 0 Å². The molecule has 2 aromatic heterocycles. The number of anilines is 1. The van der Waals surface area contributed by atoms with E-state index in [1.165, 1.54) is 22.7 Å². The molecule has 3 aromatic rings. The van der Waals surface area contributed by atoms with E-state index in [2.05, 4.69) is 15.0 Å². The molecular weight excluding hydrogens is 406 g/mol. The molecular formula is C17H18ClN5O4S. The SMILES string of the molecule is Nc1nc(SCc2ccccc2Cl)c2ncn([C@H]3O[C@@H](CO)[C@H](O)[C@H]3O)c2n1. The first-order valence-corrected chi connectivity index (χ1v) is 9.84. The van der Waals surface area contributed by atoms with E-state index >= 15 is 0 Å². The van der Waals surface area contributed by atoms with Gasteiger partial charge in [-0.25, -0.2) is 9.97 Å². The van der Waals surface area contributed by atoms with Gasteiger partial charge in [0.25, 0.3) is 0 Å². The highest BCUT2D eigenvalue weighted by molar-refractivity contribution is 7.98. The lowest BCUT2D eigenvalue weighted by Gasteiger charge is -2.16. The molecule has 1 saturated heterocycles. The number of imidazole rings is 1. The summed E-state index contributed by atoms with van der Waals surface area (Å²) >= 11 is 7.62. The molecule has 0 amide bonds. The van der Waals surface area contributed by atoms with Crippen LogP contribution in [-0.2, 0) is 10.5 Å². The van der Waals surface area contributed by atoms with Crippen LogP contribution in [0.25, 0.3) is 11.2 Å². The predicted octanol–water partition coefficient (Wildman–Crippen LogP) is 0.966. The van der Waals surface area contributed by atoms with E-state index in [1.54, 1.807) is 0 Å². The van der Waals surface area contributed by atoms with Gasteiger partial charge in [0.05, 0.1) is 12.9 Å². The summed E-state index contributed by atoms with van der Waals surface area (Å²) in [5, 5.41) is 30.8. The Morgan fingerprint density at radius 1 is 1.21 bits per heavy atom. The first-order valence-electron chi connectivity index (χ1n) is 8.48. The number of aromatic nitrogens is 4. The van der Waals surface area contributed by atoms with E-state index < -0.39 is 31.1 Å². The molecule has 0 aliphatic carbocycles. The number of hydrogen-bond donors (Lipinski definition) is 4. The average Bonchev–Trinajstić information content (AvgIpc) is 3.22. The van der Waals surface area contributed by atoms with Crippen molar-refractivity contribution in [1.29, 1.82) is 0 Å². The van der Waals surface area contributed by atoms with Gasteiger partial charge < -0.3 is 25.8 Å². The normalized spacial score (nSPS) is 24.9. The summed E-state index contributed by atoms with van der Waals surface area (Å²) in [6, 6.07) is 7.51.